The van der Waals surface area contributed by atoms with Crippen LogP contribution in [0.5, 0.6) is 0 Å². The lowest BCUT2D eigenvalue weighted by Gasteiger charge is -2.04. The Balaban J connectivity index is 1.72. The molecule has 7 nitrogen and oxygen atoms in total. The van der Waals surface area contributed by atoms with Gasteiger partial charge < -0.3 is 14.0 Å². The van der Waals surface area contributed by atoms with Crippen molar-refractivity contribution in [3.8, 4) is 0 Å². The highest BCUT2D eigenvalue weighted by Crippen LogP contribution is 2.20. The van der Waals surface area contributed by atoms with Gasteiger partial charge in [-0.2, -0.15) is 4.99 Å². The van der Waals surface area contributed by atoms with Crippen LogP contribution < -0.4 is 4.80 Å². The van der Waals surface area contributed by atoms with Gasteiger partial charge in [0.05, 0.1) is 36.4 Å². The number of thiazole rings is 1. The summed E-state index contributed by atoms with van der Waals surface area (Å²) in [5, 5.41) is 2.15. The number of hydrogen-bond donors (Lipinski definition) is 0. The molecule has 1 amide bonds. The fourth-order valence-electron chi connectivity index (χ4n) is 3.42. The number of carbonyl (C=O) groups is 3. The Kier molecular flexibility index (Phi) is 6.13. The lowest BCUT2D eigenvalue weighted by molar-refractivity contribution is -0.141. The number of hydrogen-bond acceptors (Lipinski definition) is 6. The summed E-state index contributed by atoms with van der Waals surface area (Å²) < 4.78 is 11.9. The van der Waals surface area contributed by atoms with Gasteiger partial charge in [0.1, 0.15) is 6.54 Å². The van der Waals surface area contributed by atoms with Crippen LogP contribution in [0.25, 0.3) is 21.0 Å². The van der Waals surface area contributed by atoms with Crippen molar-refractivity contribution in [2.75, 3.05) is 14.2 Å². The van der Waals surface area contributed by atoms with Crippen LogP contribution in [0.15, 0.2) is 65.7 Å². The fraction of sp³-hybridized carbons (Fsp3) is 0.167. The number of amides is 1. The highest BCUT2D eigenvalue weighted by molar-refractivity contribution is 7.16. The summed E-state index contributed by atoms with van der Waals surface area (Å²) in [5.74, 6) is -1.27. The Morgan fingerprint density at radius 1 is 0.938 bits per heavy atom. The minimum atomic E-state index is -0.467. The van der Waals surface area contributed by atoms with Gasteiger partial charge in [-0.15, -0.1) is 0 Å². The SMILES string of the molecule is COC(=O)Cn1c(=NC(=O)Cc2ccc3ccccc3c2)sc2cc(C(=O)OC)ccc21. The van der Waals surface area contributed by atoms with Crippen molar-refractivity contribution >= 4 is 50.2 Å². The van der Waals surface area contributed by atoms with Gasteiger partial charge >= 0.3 is 11.9 Å². The molecule has 0 spiro atoms. The maximum Gasteiger partial charge on any atom is 0.337 e. The van der Waals surface area contributed by atoms with E-state index in [2.05, 4.69) is 4.99 Å². The number of benzene rings is 3. The molecule has 0 aliphatic rings. The van der Waals surface area contributed by atoms with Crippen LogP contribution in [0, 0.1) is 0 Å². The van der Waals surface area contributed by atoms with Crippen LogP contribution in [0.4, 0.5) is 0 Å². The Bertz CT molecular complexity index is 1420. The summed E-state index contributed by atoms with van der Waals surface area (Å²) in [7, 11) is 2.61. The number of nitrogens with zero attached hydrogens (tertiary/aromatic N) is 2. The van der Waals surface area contributed by atoms with Gasteiger partial charge in [0.25, 0.3) is 5.91 Å². The zero-order valence-electron chi connectivity index (χ0n) is 17.5. The molecular weight excluding hydrogens is 428 g/mol. The topological polar surface area (TPSA) is 87.0 Å². The van der Waals surface area contributed by atoms with Crippen LogP contribution in [0.2, 0.25) is 0 Å². The summed E-state index contributed by atoms with van der Waals surface area (Å²) in [6.45, 7) is -0.101. The van der Waals surface area contributed by atoms with Gasteiger partial charge in [0.2, 0.25) is 0 Å². The van der Waals surface area contributed by atoms with Crippen molar-refractivity contribution < 1.29 is 23.9 Å². The molecule has 4 aromatic rings. The van der Waals surface area contributed by atoms with Crippen LogP contribution in [-0.2, 0) is 32.0 Å². The molecule has 8 heteroatoms. The Hall–Kier alpha value is -3.78. The van der Waals surface area contributed by atoms with E-state index in [0.29, 0.717) is 20.6 Å². The average molecular weight is 449 g/mol. The highest BCUT2D eigenvalue weighted by Gasteiger charge is 2.14. The molecule has 0 aliphatic carbocycles. The maximum atomic E-state index is 12.8. The van der Waals surface area contributed by atoms with Crippen LogP contribution in [0.3, 0.4) is 0 Å². The molecular formula is C24H20N2O5S. The number of rotatable bonds is 5. The lowest BCUT2D eigenvalue weighted by atomic mass is 10.1. The molecule has 0 bridgehead atoms. The normalized spacial score (nSPS) is 11.6. The van der Waals surface area contributed by atoms with Gasteiger partial charge in [-0.1, -0.05) is 53.8 Å². The second-order valence-electron chi connectivity index (χ2n) is 7.08. The van der Waals surface area contributed by atoms with Crippen molar-refractivity contribution in [3.05, 3.63) is 76.6 Å². The lowest BCUT2D eigenvalue weighted by Crippen LogP contribution is -2.22. The Labute approximate surface area is 187 Å². The predicted molar refractivity (Wildman–Crippen MR) is 121 cm³/mol. The number of esters is 2. The third-order valence-electron chi connectivity index (χ3n) is 5.01. The summed E-state index contributed by atoms with van der Waals surface area (Å²) in [4.78, 5) is 41.2. The number of ether oxygens (including phenoxy) is 2. The summed E-state index contributed by atoms with van der Waals surface area (Å²) in [6.07, 6.45) is 0.130. The van der Waals surface area contributed by atoms with E-state index in [4.69, 9.17) is 9.47 Å². The number of aromatic nitrogens is 1. The van der Waals surface area contributed by atoms with Crippen molar-refractivity contribution in [2.24, 2.45) is 4.99 Å². The van der Waals surface area contributed by atoms with Crippen LogP contribution in [-0.4, -0.2) is 36.6 Å². The third-order valence-corrected chi connectivity index (χ3v) is 6.05. The van der Waals surface area contributed by atoms with E-state index < -0.39 is 11.9 Å². The minimum Gasteiger partial charge on any atom is -0.468 e. The molecule has 4 rings (SSSR count). The Morgan fingerprint density at radius 2 is 1.72 bits per heavy atom. The molecule has 0 saturated heterocycles. The van der Waals surface area contributed by atoms with Gasteiger partial charge in [-0.3, -0.25) is 9.59 Å². The van der Waals surface area contributed by atoms with Crippen molar-refractivity contribution in [2.45, 2.75) is 13.0 Å². The molecule has 0 aliphatic heterocycles. The molecule has 3 aromatic carbocycles. The number of fused-ring (bicyclic) bond motifs is 2. The standard InChI is InChI=1S/C24H20N2O5S/c1-30-22(28)14-26-19-10-9-18(23(29)31-2)13-20(19)32-24(26)25-21(27)12-15-7-8-16-5-3-4-6-17(16)11-15/h3-11,13H,12,14H2,1-2H3. The number of methoxy groups -OCH3 is 2. The highest BCUT2D eigenvalue weighted by atomic mass is 32.1. The predicted octanol–water partition coefficient (Wildman–Crippen LogP) is 3.49. The van der Waals surface area contributed by atoms with E-state index in [9.17, 15) is 14.4 Å². The molecule has 32 heavy (non-hydrogen) atoms. The van der Waals surface area contributed by atoms with E-state index in [1.807, 2.05) is 42.5 Å². The van der Waals surface area contributed by atoms with Crippen LogP contribution >= 0.6 is 11.3 Å². The second-order valence-corrected chi connectivity index (χ2v) is 8.09. The van der Waals surface area contributed by atoms with Crippen molar-refractivity contribution in [1.82, 2.24) is 4.57 Å². The first-order chi connectivity index (χ1) is 15.5. The quantitative estimate of drug-likeness (QED) is 0.436. The largest absolute Gasteiger partial charge is 0.468 e. The average Bonchev–Trinajstić information content (AvgIpc) is 3.13. The minimum absolute atomic E-state index is 0.101. The van der Waals surface area contributed by atoms with Crippen molar-refractivity contribution in [1.29, 1.82) is 0 Å². The Morgan fingerprint density at radius 3 is 2.47 bits per heavy atom. The van der Waals surface area contributed by atoms with Gasteiger partial charge in [-0.25, -0.2) is 4.79 Å². The number of carbonyl (C=O) groups excluding carboxylic acids is 3. The monoisotopic (exact) mass is 448 g/mol. The van der Waals surface area contributed by atoms with Gasteiger partial charge in [-0.05, 0) is 34.5 Å². The van der Waals surface area contributed by atoms with E-state index in [1.165, 1.54) is 25.6 Å². The molecule has 1 aromatic heterocycles. The molecule has 0 N–H and O–H groups in total. The van der Waals surface area contributed by atoms with Gasteiger partial charge in [0.15, 0.2) is 4.80 Å². The zero-order valence-corrected chi connectivity index (χ0v) is 18.3. The van der Waals surface area contributed by atoms with E-state index >= 15 is 0 Å². The van der Waals surface area contributed by atoms with Gasteiger partial charge in [0, 0.05) is 0 Å². The fourth-order valence-corrected chi connectivity index (χ4v) is 4.51. The van der Waals surface area contributed by atoms with Crippen molar-refractivity contribution in [3.63, 3.8) is 0 Å². The smallest absolute Gasteiger partial charge is 0.337 e. The molecule has 0 radical (unpaired) electrons. The molecule has 0 saturated carbocycles. The molecule has 0 fully saturated rings. The summed E-state index contributed by atoms with van der Waals surface area (Å²) in [5.41, 5.74) is 1.90. The van der Waals surface area contributed by atoms with E-state index in [1.54, 1.807) is 22.8 Å². The molecule has 0 unspecified atom stereocenters. The van der Waals surface area contributed by atoms with E-state index in [-0.39, 0.29) is 18.9 Å². The molecule has 0 atom stereocenters. The zero-order chi connectivity index (χ0) is 22.7. The first-order valence-electron chi connectivity index (χ1n) is 9.82. The second kappa shape index (κ2) is 9.15. The first-order valence-corrected chi connectivity index (χ1v) is 10.6. The maximum absolute atomic E-state index is 12.8. The molecule has 1 heterocycles. The van der Waals surface area contributed by atoms with E-state index in [0.717, 1.165) is 16.3 Å². The first kappa shape index (κ1) is 21.5. The van der Waals surface area contributed by atoms with Crippen LogP contribution in [0.1, 0.15) is 15.9 Å². The molecule has 162 valence electrons. The third kappa shape index (κ3) is 4.45. The summed E-state index contributed by atoms with van der Waals surface area (Å²) >= 11 is 1.22. The summed E-state index contributed by atoms with van der Waals surface area (Å²) in [6, 6.07) is 18.8.